The van der Waals surface area contributed by atoms with Crippen LogP contribution in [-0.4, -0.2) is 19.6 Å². The third-order valence-corrected chi connectivity index (χ3v) is 3.57. The molecule has 0 bridgehead atoms. The summed E-state index contributed by atoms with van der Waals surface area (Å²) in [6.45, 7) is 1.97. The first-order valence-electron chi connectivity index (χ1n) is 5.35. The molecule has 18 heavy (non-hydrogen) atoms. The van der Waals surface area contributed by atoms with Gasteiger partial charge < -0.3 is 0 Å². The number of hydrogen-bond acceptors (Lipinski definition) is 3. The molecule has 1 aromatic carbocycles. The van der Waals surface area contributed by atoms with E-state index in [-0.39, 0.29) is 4.90 Å². The molecule has 1 heterocycles. The second kappa shape index (κ2) is 5.10. The van der Waals surface area contributed by atoms with Crippen molar-refractivity contribution in [1.82, 2.24) is 4.98 Å². The molecule has 0 N–H and O–H groups in total. The lowest BCUT2D eigenvalue weighted by Gasteiger charge is -1.97. The van der Waals surface area contributed by atoms with Gasteiger partial charge in [-0.15, -0.1) is 0 Å². The highest BCUT2D eigenvalue weighted by Gasteiger charge is 2.10. The van der Waals surface area contributed by atoms with E-state index in [2.05, 4.69) is 9.38 Å². The molecule has 5 heteroatoms. The van der Waals surface area contributed by atoms with Crippen LogP contribution < -0.4 is 0 Å². The second-order valence-electron chi connectivity index (χ2n) is 3.81. The Morgan fingerprint density at radius 3 is 2.50 bits per heavy atom. The minimum absolute atomic E-state index is 0.0911. The Morgan fingerprint density at radius 2 is 1.89 bits per heavy atom. The van der Waals surface area contributed by atoms with E-state index in [9.17, 15) is 8.42 Å². The minimum atomic E-state index is -3.66. The predicted octanol–water partition coefficient (Wildman–Crippen LogP) is 2.20. The third-order valence-electron chi connectivity index (χ3n) is 2.35. The Bertz CT molecular complexity index is 647. The zero-order valence-electron chi connectivity index (χ0n) is 9.82. The number of sulfonamides is 1. The van der Waals surface area contributed by atoms with Crippen molar-refractivity contribution in [1.29, 1.82) is 0 Å². The maximum Gasteiger partial charge on any atom is 0.283 e. The first-order valence-corrected chi connectivity index (χ1v) is 6.79. The standard InChI is InChI=1S/C13H12N2O2S/c1-11-4-6-12(7-5-11)9-15-18(16,17)13-3-2-8-14-10-13/h2-10H,1H3/b15-9+. The Kier molecular flexibility index (Phi) is 3.53. The fourth-order valence-corrected chi connectivity index (χ4v) is 2.17. The van der Waals surface area contributed by atoms with Crippen LogP contribution in [0.5, 0.6) is 0 Å². The van der Waals surface area contributed by atoms with E-state index < -0.39 is 10.0 Å². The van der Waals surface area contributed by atoms with Crippen molar-refractivity contribution in [2.75, 3.05) is 0 Å². The molecule has 92 valence electrons. The van der Waals surface area contributed by atoms with Crippen molar-refractivity contribution < 1.29 is 8.42 Å². The van der Waals surface area contributed by atoms with Crippen molar-refractivity contribution >= 4 is 16.2 Å². The minimum Gasteiger partial charge on any atom is -0.263 e. The number of rotatable bonds is 3. The fraction of sp³-hybridized carbons (Fsp3) is 0.0769. The van der Waals surface area contributed by atoms with Crippen molar-refractivity contribution in [3.8, 4) is 0 Å². The predicted molar refractivity (Wildman–Crippen MR) is 70.2 cm³/mol. The Balaban J connectivity index is 2.26. The van der Waals surface area contributed by atoms with Crippen molar-refractivity contribution in [2.24, 2.45) is 4.40 Å². The maximum atomic E-state index is 11.8. The molecule has 2 rings (SSSR count). The summed E-state index contributed by atoms with van der Waals surface area (Å²) in [5.41, 5.74) is 1.86. The lowest BCUT2D eigenvalue weighted by molar-refractivity contribution is 0.598. The van der Waals surface area contributed by atoms with E-state index in [4.69, 9.17) is 0 Å². The van der Waals surface area contributed by atoms with Gasteiger partial charge in [-0.1, -0.05) is 29.8 Å². The molecule has 0 aliphatic heterocycles. The SMILES string of the molecule is Cc1ccc(/C=N/S(=O)(=O)c2cccnc2)cc1. The normalized spacial score (nSPS) is 11.8. The van der Waals surface area contributed by atoms with Crippen molar-refractivity contribution in [2.45, 2.75) is 11.8 Å². The lowest BCUT2D eigenvalue weighted by atomic mass is 10.2. The topological polar surface area (TPSA) is 59.4 Å². The highest BCUT2D eigenvalue weighted by atomic mass is 32.2. The number of aryl methyl sites for hydroxylation is 1. The van der Waals surface area contributed by atoms with Crippen LogP contribution in [0.25, 0.3) is 0 Å². The molecule has 0 spiro atoms. The summed E-state index contributed by atoms with van der Waals surface area (Å²) in [6, 6.07) is 10.5. The molecule has 0 amide bonds. The average Bonchev–Trinajstić information content (AvgIpc) is 2.39. The van der Waals surface area contributed by atoms with Crippen molar-refractivity contribution in [3.05, 3.63) is 59.9 Å². The van der Waals surface area contributed by atoms with Gasteiger partial charge in [0, 0.05) is 18.6 Å². The van der Waals surface area contributed by atoms with Crippen LogP contribution >= 0.6 is 0 Å². The van der Waals surface area contributed by atoms with Crippen LogP contribution in [0.15, 0.2) is 58.1 Å². The second-order valence-corrected chi connectivity index (χ2v) is 5.44. The van der Waals surface area contributed by atoms with E-state index in [1.807, 2.05) is 31.2 Å². The molecule has 0 radical (unpaired) electrons. The van der Waals surface area contributed by atoms with Gasteiger partial charge in [0.2, 0.25) is 0 Å². The molecule has 0 aliphatic carbocycles. The van der Waals surface area contributed by atoms with E-state index in [0.29, 0.717) is 0 Å². The first-order chi connectivity index (χ1) is 8.58. The monoisotopic (exact) mass is 260 g/mol. The van der Waals surface area contributed by atoms with E-state index in [0.717, 1.165) is 11.1 Å². The summed E-state index contributed by atoms with van der Waals surface area (Å²) in [4.78, 5) is 3.86. The van der Waals surface area contributed by atoms with Crippen LogP contribution in [0.3, 0.4) is 0 Å². The smallest absolute Gasteiger partial charge is 0.263 e. The number of benzene rings is 1. The van der Waals surface area contributed by atoms with Crippen LogP contribution in [-0.2, 0) is 10.0 Å². The summed E-state index contributed by atoms with van der Waals surface area (Å²) < 4.78 is 27.3. The first kappa shape index (κ1) is 12.4. The number of nitrogens with zero attached hydrogens (tertiary/aromatic N) is 2. The van der Waals surface area contributed by atoms with Crippen LogP contribution in [0.4, 0.5) is 0 Å². The highest BCUT2D eigenvalue weighted by molar-refractivity contribution is 7.90. The van der Waals surface area contributed by atoms with Gasteiger partial charge >= 0.3 is 0 Å². The Hall–Kier alpha value is -2.01. The average molecular weight is 260 g/mol. The Morgan fingerprint density at radius 1 is 1.17 bits per heavy atom. The fourth-order valence-electron chi connectivity index (χ4n) is 1.34. The van der Waals surface area contributed by atoms with Gasteiger partial charge in [0.15, 0.2) is 0 Å². The van der Waals surface area contributed by atoms with Gasteiger partial charge in [0.1, 0.15) is 4.90 Å². The molecule has 0 atom stereocenters. The number of hydrogen-bond donors (Lipinski definition) is 0. The van der Waals surface area contributed by atoms with E-state index in [1.165, 1.54) is 24.7 Å². The van der Waals surface area contributed by atoms with Crippen LogP contribution in [0.2, 0.25) is 0 Å². The molecule has 0 fully saturated rings. The summed E-state index contributed by atoms with van der Waals surface area (Å²) in [6.07, 6.45) is 4.13. The molecular weight excluding hydrogens is 248 g/mol. The summed E-state index contributed by atoms with van der Waals surface area (Å²) >= 11 is 0. The van der Waals surface area contributed by atoms with Gasteiger partial charge in [-0.05, 0) is 24.6 Å². The molecule has 0 unspecified atom stereocenters. The molecular formula is C13H12N2O2S. The molecule has 0 saturated heterocycles. The summed E-state index contributed by atoms with van der Waals surface area (Å²) in [5.74, 6) is 0. The van der Waals surface area contributed by atoms with Gasteiger partial charge in [-0.25, -0.2) is 0 Å². The van der Waals surface area contributed by atoms with Crippen LogP contribution in [0.1, 0.15) is 11.1 Å². The quantitative estimate of drug-likeness (QED) is 0.795. The van der Waals surface area contributed by atoms with Crippen molar-refractivity contribution in [3.63, 3.8) is 0 Å². The van der Waals surface area contributed by atoms with Gasteiger partial charge in [0.25, 0.3) is 10.0 Å². The summed E-state index contributed by atoms with van der Waals surface area (Å²) in [7, 11) is -3.66. The van der Waals surface area contributed by atoms with Gasteiger partial charge in [-0.3, -0.25) is 4.98 Å². The number of pyridine rings is 1. The van der Waals surface area contributed by atoms with Crippen LogP contribution in [0, 0.1) is 6.92 Å². The van der Waals surface area contributed by atoms with Gasteiger partial charge in [0.05, 0.1) is 0 Å². The zero-order valence-corrected chi connectivity index (χ0v) is 10.6. The highest BCUT2D eigenvalue weighted by Crippen LogP contribution is 2.10. The molecule has 1 aromatic heterocycles. The molecule has 4 nitrogen and oxygen atoms in total. The molecule has 2 aromatic rings. The maximum absolute atomic E-state index is 11.8. The Labute approximate surface area is 106 Å². The lowest BCUT2D eigenvalue weighted by Crippen LogP contribution is -1.98. The summed E-state index contributed by atoms with van der Waals surface area (Å²) in [5, 5.41) is 0. The molecule has 0 aliphatic rings. The van der Waals surface area contributed by atoms with Gasteiger partial charge in [-0.2, -0.15) is 12.8 Å². The zero-order chi connectivity index (χ0) is 13.0. The third kappa shape index (κ3) is 3.01. The van der Waals surface area contributed by atoms with E-state index in [1.54, 1.807) is 6.07 Å². The largest absolute Gasteiger partial charge is 0.283 e. The van der Waals surface area contributed by atoms with E-state index >= 15 is 0 Å². The number of aromatic nitrogens is 1. The molecule has 0 saturated carbocycles.